The third-order valence-corrected chi connectivity index (χ3v) is 5.77. The van der Waals surface area contributed by atoms with Crippen LogP contribution in [0.3, 0.4) is 0 Å². The highest BCUT2D eigenvalue weighted by molar-refractivity contribution is 4.86. The molecule has 0 heterocycles. The van der Waals surface area contributed by atoms with Gasteiger partial charge in [-0.2, -0.15) is 0 Å². The van der Waals surface area contributed by atoms with E-state index in [9.17, 15) is 0 Å². The second-order valence-corrected chi connectivity index (χ2v) is 7.80. The lowest BCUT2D eigenvalue weighted by atomic mass is 9.63. The molecular weight excluding hydrogens is 278 g/mol. The minimum Gasteiger partial charge on any atom is -0.330 e. The summed E-state index contributed by atoms with van der Waals surface area (Å²) in [6.45, 7) is 10.3. The van der Waals surface area contributed by atoms with E-state index in [4.69, 9.17) is 5.73 Å². The first-order valence-corrected chi connectivity index (χ1v) is 10.9. The van der Waals surface area contributed by atoms with Crippen LogP contribution in [0.15, 0.2) is 0 Å². The lowest BCUT2D eigenvalue weighted by molar-refractivity contribution is 0.0904. The summed E-state index contributed by atoms with van der Waals surface area (Å²) in [5.74, 6) is 0.914. The molecule has 140 valence electrons. The molecule has 0 aliphatic rings. The van der Waals surface area contributed by atoms with Crippen LogP contribution in [0.2, 0.25) is 0 Å². The predicted octanol–water partition coefficient (Wildman–Crippen LogP) is 7.48. The molecule has 0 saturated carbocycles. The van der Waals surface area contributed by atoms with Crippen LogP contribution >= 0.6 is 0 Å². The van der Waals surface area contributed by atoms with Crippen LogP contribution in [-0.2, 0) is 0 Å². The van der Waals surface area contributed by atoms with Crippen molar-refractivity contribution in [2.24, 2.45) is 17.1 Å². The molecule has 1 heteroatoms. The summed E-state index contributed by atoms with van der Waals surface area (Å²) in [6, 6.07) is 0. The summed E-state index contributed by atoms with van der Waals surface area (Å²) in [7, 11) is 0. The molecule has 1 unspecified atom stereocenters. The summed E-state index contributed by atoms with van der Waals surface area (Å²) in [4.78, 5) is 0. The van der Waals surface area contributed by atoms with Crippen molar-refractivity contribution in [1.29, 1.82) is 0 Å². The average molecular weight is 326 g/mol. The molecule has 0 amide bonds. The average Bonchev–Trinajstić information content (AvgIpc) is 2.54. The van der Waals surface area contributed by atoms with E-state index in [-0.39, 0.29) is 0 Å². The Balaban J connectivity index is 4.68. The van der Waals surface area contributed by atoms with Gasteiger partial charge in [0.25, 0.3) is 0 Å². The smallest absolute Gasteiger partial charge is 0.00772 e. The molecule has 0 spiro atoms. The highest BCUT2D eigenvalue weighted by Crippen LogP contribution is 2.46. The van der Waals surface area contributed by atoms with Crippen molar-refractivity contribution in [3.8, 4) is 0 Å². The van der Waals surface area contributed by atoms with Gasteiger partial charge in [-0.15, -0.1) is 0 Å². The summed E-state index contributed by atoms with van der Waals surface area (Å²) >= 11 is 0. The summed E-state index contributed by atoms with van der Waals surface area (Å²) in [6.07, 6.45) is 20.9. The molecule has 0 aliphatic heterocycles. The standard InChI is InChI=1S/C22H47N/c1-5-9-10-11-12-13-15-21(16-14-20-23)22(17-6-2,18-7-3)19-8-4/h21H,5-20,23H2,1-4H3. The molecule has 0 rings (SSSR count). The molecule has 0 aliphatic carbocycles. The van der Waals surface area contributed by atoms with Crippen molar-refractivity contribution < 1.29 is 0 Å². The Bertz CT molecular complexity index is 219. The summed E-state index contributed by atoms with van der Waals surface area (Å²) < 4.78 is 0. The van der Waals surface area contributed by atoms with E-state index < -0.39 is 0 Å². The molecule has 0 aromatic rings. The summed E-state index contributed by atoms with van der Waals surface area (Å²) in [5, 5.41) is 0. The Labute approximate surface area is 148 Å². The van der Waals surface area contributed by atoms with Crippen LogP contribution < -0.4 is 5.73 Å². The van der Waals surface area contributed by atoms with Gasteiger partial charge in [0.15, 0.2) is 0 Å². The number of rotatable bonds is 17. The van der Waals surface area contributed by atoms with Gasteiger partial charge < -0.3 is 5.73 Å². The number of hydrogen-bond acceptors (Lipinski definition) is 1. The van der Waals surface area contributed by atoms with E-state index in [0.717, 1.165) is 12.5 Å². The monoisotopic (exact) mass is 325 g/mol. The first-order valence-electron chi connectivity index (χ1n) is 10.9. The van der Waals surface area contributed by atoms with Crippen LogP contribution in [0.1, 0.15) is 124 Å². The molecule has 23 heavy (non-hydrogen) atoms. The molecule has 2 N–H and O–H groups in total. The zero-order valence-corrected chi connectivity index (χ0v) is 17.0. The lowest BCUT2D eigenvalue weighted by Crippen LogP contribution is -2.31. The lowest BCUT2D eigenvalue weighted by Gasteiger charge is -2.42. The third-order valence-electron chi connectivity index (χ3n) is 5.77. The maximum absolute atomic E-state index is 5.85. The van der Waals surface area contributed by atoms with Gasteiger partial charge in [0.05, 0.1) is 0 Å². The van der Waals surface area contributed by atoms with Gasteiger partial charge in [-0.3, -0.25) is 0 Å². The fraction of sp³-hybridized carbons (Fsp3) is 1.00. The molecule has 0 aromatic carbocycles. The molecule has 0 saturated heterocycles. The van der Waals surface area contributed by atoms with Crippen molar-refractivity contribution in [3.05, 3.63) is 0 Å². The largest absolute Gasteiger partial charge is 0.330 e. The molecular formula is C22H47N. The molecule has 0 fully saturated rings. The van der Waals surface area contributed by atoms with Crippen molar-refractivity contribution in [3.63, 3.8) is 0 Å². The Kier molecular flexibility index (Phi) is 15.5. The van der Waals surface area contributed by atoms with E-state index in [1.54, 1.807) is 0 Å². The van der Waals surface area contributed by atoms with Crippen LogP contribution in [0.5, 0.6) is 0 Å². The van der Waals surface area contributed by atoms with Crippen LogP contribution in [-0.4, -0.2) is 6.54 Å². The minimum atomic E-state index is 0.608. The first kappa shape index (κ1) is 23.0. The Morgan fingerprint density at radius 2 is 1.09 bits per heavy atom. The molecule has 1 nitrogen and oxygen atoms in total. The predicted molar refractivity (Wildman–Crippen MR) is 107 cm³/mol. The fourth-order valence-electron chi connectivity index (χ4n) is 4.77. The molecule has 0 aromatic heterocycles. The van der Waals surface area contributed by atoms with Crippen molar-refractivity contribution in [2.75, 3.05) is 6.54 Å². The van der Waals surface area contributed by atoms with Gasteiger partial charge >= 0.3 is 0 Å². The SMILES string of the molecule is CCCCCCCCC(CCCN)C(CCC)(CCC)CCC. The fourth-order valence-corrected chi connectivity index (χ4v) is 4.77. The second-order valence-electron chi connectivity index (χ2n) is 7.80. The van der Waals surface area contributed by atoms with E-state index in [1.807, 2.05) is 0 Å². The minimum absolute atomic E-state index is 0.608. The van der Waals surface area contributed by atoms with Crippen molar-refractivity contribution >= 4 is 0 Å². The Hall–Kier alpha value is -0.0400. The number of nitrogens with two attached hydrogens (primary N) is 1. The van der Waals surface area contributed by atoms with Crippen LogP contribution in [0, 0.1) is 11.3 Å². The number of hydrogen-bond donors (Lipinski definition) is 1. The molecule has 0 radical (unpaired) electrons. The normalized spacial score (nSPS) is 13.4. The van der Waals surface area contributed by atoms with Gasteiger partial charge in [-0.1, -0.05) is 85.5 Å². The van der Waals surface area contributed by atoms with Crippen LogP contribution in [0.25, 0.3) is 0 Å². The van der Waals surface area contributed by atoms with E-state index in [1.165, 1.54) is 96.3 Å². The Morgan fingerprint density at radius 1 is 0.609 bits per heavy atom. The third kappa shape index (κ3) is 9.75. The van der Waals surface area contributed by atoms with Gasteiger partial charge in [0, 0.05) is 0 Å². The topological polar surface area (TPSA) is 26.0 Å². The zero-order valence-electron chi connectivity index (χ0n) is 17.0. The Morgan fingerprint density at radius 3 is 1.57 bits per heavy atom. The van der Waals surface area contributed by atoms with E-state index in [2.05, 4.69) is 27.7 Å². The highest BCUT2D eigenvalue weighted by atomic mass is 14.5. The summed E-state index contributed by atoms with van der Waals surface area (Å²) in [5.41, 5.74) is 6.46. The van der Waals surface area contributed by atoms with Crippen molar-refractivity contribution in [1.82, 2.24) is 0 Å². The zero-order chi connectivity index (χ0) is 17.4. The first-order chi connectivity index (χ1) is 11.2. The van der Waals surface area contributed by atoms with Crippen LogP contribution in [0.4, 0.5) is 0 Å². The second kappa shape index (κ2) is 15.5. The van der Waals surface area contributed by atoms with E-state index in [0.29, 0.717) is 5.41 Å². The maximum atomic E-state index is 5.85. The quantitative estimate of drug-likeness (QED) is 0.276. The number of unbranched alkanes of at least 4 members (excludes halogenated alkanes) is 5. The van der Waals surface area contributed by atoms with Gasteiger partial charge in [-0.05, 0) is 56.4 Å². The highest BCUT2D eigenvalue weighted by Gasteiger charge is 2.35. The van der Waals surface area contributed by atoms with Crippen molar-refractivity contribution in [2.45, 2.75) is 124 Å². The molecule has 1 atom stereocenters. The van der Waals surface area contributed by atoms with E-state index >= 15 is 0 Å². The maximum Gasteiger partial charge on any atom is -0.00772 e. The molecule has 0 bridgehead atoms. The van der Waals surface area contributed by atoms with Gasteiger partial charge in [0.2, 0.25) is 0 Å². The van der Waals surface area contributed by atoms with Gasteiger partial charge in [-0.25, -0.2) is 0 Å². The van der Waals surface area contributed by atoms with Gasteiger partial charge in [0.1, 0.15) is 0 Å².